The first kappa shape index (κ1) is 27.7. The van der Waals surface area contributed by atoms with E-state index in [1.807, 2.05) is 45.0 Å². The molecule has 202 valence electrons. The molecule has 0 radical (unpaired) electrons. The number of nitrogens with zero attached hydrogens (tertiary/aromatic N) is 3. The molecule has 4 bridgehead atoms. The minimum Gasteiger partial charge on any atom is -0.390 e. The van der Waals surface area contributed by atoms with Crippen LogP contribution in [0.25, 0.3) is 11.3 Å². The third-order valence-corrected chi connectivity index (χ3v) is 8.27. The van der Waals surface area contributed by atoms with Crippen LogP contribution < -0.4 is 4.72 Å². The van der Waals surface area contributed by atoms with Crippen LogP contribution in [0.2, 0.25) is 0 Å². The van der Waals surface area contributed by atoms with E-state index in [1.165, 1.54) is 12.1 Å². The normalized spacial score (nSPS) is 17.7. The van der Waals surface area contributed by atoms with Gasteiger partial charge in [-0.25, -0.2) is 23.1 Å². The Morgan fingerprint density at radius 2 is 1.76 bits per heavy atom. The van der Waals surface area contributed by atoms with E-state index in [2.05, 4.69) is 14.7 Å². The van der Waals surface area contributed by atoms with Crippen molar-refractivity contribution >= 4 is 21.9 Å². The minimum atomic E-state index is -4.05. The van der Waals surface area contributed by atoms with Crippen molar-refractivity contribution in [3.63, 3.8) is 0 Å². The second-order valence-corrected chi connectivity index (χ2v) is 12.5. The summed E-state index contributed by atoms with van der Waals surface area (Å²) in [4.78, 5) is 24.4. The first-order valence-corrected chi connectivity index (χ1v) is 14.4. The van der Waals surface area contributed by atoms with Gasteiger partial charge in [-0.15, -0.1) is 0 Å². The fourth-order valence-corrected chi connectivity index (χ4v) is 5.77. The summed E-state index contributed by atoms with van der Waals surface area (Å²) in [5.74, 6) is -0.305. The van der Waals surface area contributed by atoms with Crippen LogP contribution in [0, 0.1) is 13.8 Å². The van der Waals surface area contributed by atoms with Crippen LogP contribution in [0.4, 0.5) is 5.95 Å². The molecule has 1 aromatic heterocycles. The monoisotopic (exact) mass is 536 g/mol. The molecule has 9 heteroatoms. The number of carbonyl (C=O) groups excluding carboxylic acids is 1. The predicted octanol–water partition coefficient (Wildman–Crippen LogP) is 5.06. The molecule has 4 rings (SSSR count). The van der Waals surface area contributed by atoms with Gasteiger partial charge in [0.25, 0.3) is 15.9 Å². The van der Waals surface area contributed by atoms with Crippen LogP contribution in [-0.2, 0) is 10.0 Å². The lowest BCUT2D eigenvalue weighted by molar-refractivity contribution is 0.0589. The Balaban J connectivity index is 1.80. The van der Waals surface area contributed by atoms with Crippen molar-refractivity contribution in [1.82, 2.24) is 14.9 Å². The fraction of sp³-hybridized carbons (Fsp3) is 0.414. The van der Waals surface area contributed by atoms with E-state index in [1.54, 1.807) is 30.9 Å². The van der Waals surface area contributed by atoms with Crippen LogP contribution in [-0.4, -0.2) is 53.0 Å². The molecule has 0 spiro atoms. The zero-order valence-corrected chi connectivity index (χ0v) is 23.5. The number of anilines is 1. The van der Waals surface area contributed by atoms with Gasteiger partial charge < -0.3 is 10.0 Å². The summed E-state index contributed by atoms with van der Waals surface area (Å²) in [6.45, 7) is 10.4. The molecule has 3 aromatic rings. The Morgan fingerprint density at radius 3 is 2.45 bits per heavy atom. The molecule has 8 nitrogen and oxygen atoms in total. The first-order chi connectivity index (χ1) is 17.8. The third-order valence-electron chi connectivity index (χ3n) is 6.94. The van der Waals surface area contributed by atoms with E-state index in [-0.39, 0.29) is 22.7 Å². The van der Waals surface area contributed by atoms with Crippen LogP contribution in [0.3, 0.4) is 0 Å². The van der Waals surface area contributed by atoms with Gasteiger partial charge in [-0.2, -0.15) is 0 Å². The molecule has 2 heterocycles. The number of fused-ring (bicyclic) bond motifs is 4. The third kappa shape index (κ3) is 6.39. The molecule has 0 saturated heterocycles. The first-order valence-electron chi connectivity index (χ1n) is 12.9. The van der Waals surface area contributed by atoms with Crippen LogP contribution in [0.1, 0.15) is 73.1 Å². The topological polar surface area (TPSA) is 112 Å². The summed E-state index contributed by atoms with van der Waals surface area (Å²) in [6, 6.07) is 13.9. The SMILES string of the molecule is Cc1cccc(C)c1-c1cc2nc(n1)NS(=O)(=O)c1cccc(c1)C(=O)N(CCCC(C)(C)O)CCC2C. The molecule has 1 aliphatic heterocycles. The number of carbonyl (C=O) groups is 1. The second kappa shape index (κ2) is 10.8. The molecule has 1 atom stereocenters. The number of hydrogen-bond acceptors (Lipinski definition) is 6. The maximum Gasteiger partial charge on any atom is 0.264 e. The average molecular weight is 537 g/mol. The Kier molecular flexibility index (Phi) is 7.90. The zero-order chi connectivity index (χ0) is 27.7. The highest BCUT2D eigenvalue weighted by atomic mass is 32.2. The van der Waals surface area contributed by atoms with Crippen molar-refractivity contribution in [2.24, 2.45) is 0 Å². The van der Waals surface area contributed by atoms with Gasteiger partial charge in [0.1, 0.15) is 0 Å². The number of aromatic nitrogens is 2. The summed E-state index contributed by atoms with van der Waals surface area (Å²) in [7, 11) is -4.05. The van der Waals surface area contributed by atoms with Crippen molar-refractivity contribution in [2.45, 2.75) is 70.3 Å². The lowest BCUT2D eigenvalue weighted by atomic mass is 9.96. The van der Waals surface area contributed by atoms with Gasteiger partial charge in [-0.3, -0.25) is 4.79 Å². The van der Waals surface area contributed by atoms with Gasteiger partial charge in [0.15, 0.2) is 0 Å². The summed E-state index contributed by atoms with van der Waals surface area (Å²) in [5, 5.41) is 10.2. The molecule has 0 aliphatic carbocycles. The van der Waals surface area contributed by atoms with E-state index in [9.17, 15) is 18.3 Å². The van der Waals surface area contributed by atoms with E-state index in [0.29, 0.717) is 49.3 Å². The highest BCUT2D eigenvalue weighted by Gasteiger charge is 2.25. The standard InChI is InChI=1S/C29H36N4O4S/c1-19-13-16-33(15-8-14-29(4,5)35)27(34)22-11-7-12-23(17-22)38(36,37)32-28-30-24(19)18-25(31-28)26-20(2)9-6-10-21(26)3/h6-7,9-12,17-19,35H,8,13-16H2,1-5H3,(H,30,31,32). The van der Waals surface area contributed by atoms with Crippen LogP contribution >= 0.6 is 0 Å². The van der Waals surface area contributed by atoms with Gasteiger partial charge in [-0.1, -0.05) is 31.2 Å². The number of benzene rings is 2. The number of aliphatic hydroxyl groups is 1. The number of amides is 1. The van der Waals surface area contributed by atoms with Crippen molar-refractivity contribution < 1.29 is 18.3 Å². The van der Waals surface area contributed by atoms with Gasteiger partial charge in [0.2, 0.25) is 5.95 Å². The zero-order valence-electron chi connectivity index (χ0n) is 22.7. The molecule has 1 unspecified atom stereocenters. The van der Waals surface area contributed by atoms with E-state index >= 15 is 0 Å². The Bertz CT molecular complexity index is 1430. The van der Waals surface area contributed by atoms with Crippen molar-refractivity contribution in [2.75, 3.05) is 17.8 Å². The molecule has 38 heavy (non-hydrogen) atoms. The van der Waals surface area contributed by atoms with E-state index < -0.39 is 15.6 Å². The molecular weight excluding hydrogens is 500 g/mol. The number of hydrogen-bond donors (Lipinski definition) is 2. The fourth-order valence-electron chi connectivity index (χ4n) is 4.78. The van der Waals surface area contributed by atoms with E-state index in [0.717, 1.165) is 16.7 Å². The summed E-state index contributed by atoms with van der Waals surface area (Å²) < 4.78 is 29.3. The van der Waals surface area contributed by atoms with Crippen LogP contribution in [0.15, 0.2) is 53.4 Å². The van der Waals surface area contributed by atoms with E-state index in [4.69, 9.17) is 0 Å². The summed E-state index contributed by atoms with van der Waals surface area (Å²) in [6.07, 6.45) is 1.79. The van der Waals surface area contributed by atoms with Crippen LogP contribution in [0.5, 0.6) is 0 Å². The van der Waals surface area contributed by atoms with Gasteiger partial charge in [-0.05, 0) is 82.3 Å². The van der Waals surface area contributed by atoms with Gasteiger partial charge in [0, 0.05) is 35.8 Å². The van der Waals surface area contributed by atoms with Gasteiger partial charge >= 0.3 is 0 Å². The molecule has 1 aliphatic rings. The Hall–Kier alpha value is -3.30. The van der Waals surface area contributed by atoms with Gasteiger partial charge in [0.05, 0.1) is 16.2 Å². The molecule has 1 amide bonds. The van der Waals surface area contributed by atoms with Crippen molar-refractivity contribution in [3.05, 3.63) is 70.9 Å². The molecular formula is C29H36N4O4S. The van der Waals surface area contributed by atoms with Crippen molar-refractivity contribution in [3.8, 4) is 11.3 Å². The number of sulfonamides is 1. The Morgan fingerprint density at radius 1 is 1.08 bits per heavy atom. The molecule has 2 N–H and O–H groups in total. The lowest BCUT2D eigenvalue weighted by Gasteiger charge is -2.26. The Labute approximate surface area is 225 Å². The number of rotatable bonds is 5. The lowest BCUT2D eigenvalue weighted by Crippen LogP contribution is -2.34. The molecule has 2 aromatic carbocycles. The quantitative estimate of drug-likeness (QED) is 0.471. The smallest absolute Gasteiger partial charge is 0.264 e. The number of nitrogens with one attached hydrogen (secondary N) is 1. The maximum absolute atomic E-state index is 13.5. The predicted molar refractivity (Wildman–Crippen MR) is 149 cm³/mol. The van der Waals surface area contributed by atoms with Crippen molar-refractivity contribution in [1.29, 1.82) is 0 Å². The maximum atomic E-state index is 13.5. The summed E-state index contributed by atoms with van der Waals surface area (Å²) >= 11 is 0. The minimum absolute atomic E-state index is 0.00464. The number of aryl methyl sites for hydroxylation is 2. The highest BCUT2D eigenvalue weighted by molar-refractivity contribution is 7.92. The summed E-state index contributed by atoms with van der Waals surface area (Å²) in [5.41, 5.74) is 3.82. The highest BCUT2D eigenvalue weighted by Crippen LogP contribution is 2.30. The molecule has 0 fully saturated rings. The molecule has 0 saturated carbocycles. The largest absolute Gasteiger partial charge is 0.390 e. The average Bonchev–Trinajstić information content (AvgIpc) is 2.84. The second-order valence-electron chi connectivity index (χ2n) is 10.8.